The Bertz CT molecular complexity index is 1550. The molecule has 196 valence electrons. The number of nitrogens with two attached hydrogens (primary N) is 1. The number of nitrogen functional groups attached to an aromatic ring is 1. The van der Waals surface area contributed by atoms with Gasteiger partial charge in [-0.2, -0.15) is 18.3 Å². The van der Waals surface area contributed by atoms with Crippen molar-refractivity contribution >= 4 is 34.7 Å². The normalized spacial score (nSPS) is 11.2. The third-order valence-corrected chi connectivity index (χ3v) is 5.25. The van der Waals surface area contributed by atoms with Crippen LogP contribution < -0.4 is 21.1 Å². The molecule has 4 rings (SSSR count). The summed E-state index contributed by atoms with van der Waals surface area (Å²) in [6, 6.07) is 8.40. The molecular weight excluding hydrogens is 505 g/mol. The van der Waals surface area contributed by atoms with E-state index < -0.39 is 23.7 Å². The number of urea groups is 1. The molecule has 0 aliphatic carbocycles. The molecule has 4 N–H and O–H groups in total. The lowest BCUT2D eigenvalue weighted by molar-refractivity contribution is -0.137. The Hall–Kier alpha value is -5.07. The van der Waals surface area contributed by atoms with Crippen LogP contribution in [-0.4, -0.2) is 33.7 Å². The molecule has 38 heavy (non-hydrogen) atoms. The largest absolute Gasteiger partial charge is 0.497 e. The predicted molar refractivity (Wildman–Crippen MR) is 134 cm³/mol. The highest BCUT2D eigenvalue weighted by Gasteiger charge is 2.31. The molecule has 0 saturated carbocycles. The zero-order valence-corrected chi connectivity index (χ0v) is 20.1. The summed E-state index contributed by atoms with van der Waals surface area (Å²) in [4.78, 5) is 29.2. The van der Waals surface area contributed by atoms with E-state index in [2.05, 4.69) is 27.3 Å². The molecule has 0 spiro atoms. The van der Waals surface area contributed by atoms with Crippen LogP contribution in [0.15, 0.2) is 67.3 Å². The summed E-state index contributed by atoms with van der Waals surface area (Å²) in [6.07, 6.45) is -1.92. The van der Waals surface area contributed by atoms with E-state index in [-0.39, 0.29) is 28.6 Å². The van der Waals surface area contributed by atoms with E-state index in [1.165, 1.54) is 37.1 Å². The standard InChI is InChI=1S/C25H21F3N6O4/c1-13(2)38-23(35)19-11-34-21(22(29)30-12-31-34)20(19)14-4-6-16(7-5-14)32-24(36)33-17-8-15(25(26,27)28)9-18(10-17)37-3/h4-12H,1H2,2-3H3,(H2,29,30,31)(H2,32,33,36). The Kier molecular flexibility index (Phi) is 6.93. The number of aromatic nitrogens is 3. The second-order valence-electron chi connectivity index (χ2n) is 8.05. The Morgan fingerprint density at radius 1 is 1.08 bits per heavy atom. The number of methoxy groups -OCH3 is 1. The first-order valence-corrected chi connectivity index (χ1v) is 10.9. The van der Waals surface area contributed by atoms with E-state index in [0.717, 1.165) is 12.1 Å². The number of anilines is 3. The van der Waals surface area contributed by atoms with Gasteiger partial charge < -0.3 is 25.8 Å². The van der Waals surface area contributed by atoms with Crippen molar-refractivity contribution in [1.29, 1.82) is 0 Å². The molecule has 0 atom stereocenters. The number of allylic oxidation sites excluding steroid dienone is 1. The van der Waals surface area contributed by atoms with E-state index >= 15 is 0 Å². The van der Waals surface area contributed by atoms with Crippen LogP contribution in [-0.2, 0) is 10.9 Å². The van der Waals surface area contributed by atoms with E-state index in [0.29, 0.717) is 22.3 Å². The first-order valence-electron chi connectivity index (χ1n) is 10.9. The lowest BCUT2D eigenvalue weighted by Gasteiger charge is -2.13. The van der Waals surface area contributed by atoms with Gasteiger partial charge in [-0.15, -0.1) is 0 Å². The van der Waals surface area contributed by atoms with Gasteiger partial charge in [0.2, 0.25) is 0 Å². The number of halogens is 3. The summed E-state index contributed by atoms with van der Waals surface area (Å²) < 4.78 is 50.9. The number of rotatable bonds is 6. The van der Waals surface area contributed by atoms with Gasteiger partial charge in [0, 0.05) is 29.2 Å². The minimum atomic E-state index is -4.62. The minimum Gasteiger partial charge on any atom is -0.497 e. The SMILES string of the molecule is C=C(C)OC(=O)c1cn2ncnc(N)c2c1-c1ccc(NC(=O)Nc2cc(OC)cc(C(F)(F)F)c2)cc1. The van der Waals surface area contributed by atoms with Crippen molar-refractivity contribution in [3.63, 3.8) is 0 Å². The maximum Gasteiger partial charge on any atom is 0.416 e. The molecule has 0 saturated heterocycles. The van der Waals surface area contributed by atoms with Gasteiger partial charge in [-0.05, 0) is 36.8 Å². The number of carbonyl (C=O) groups excluding carboxylic acids is 2. The average molecular weight is 526 g/mol. The van der Waals surface area contributed by atoms with Crippen molar-refractivity contribution < 1.29 is 32.2 Å². The average Bonchev–Trinajstić information content (AvgIpc) is 3.24. The highest BCUT2D eigenvalue weighted by molar-refractivity contribution is 6.05. The molecule has 13 heteroatoms. The van der Waals surface area contributed by atoms with Gasteiger partial charge in [0.05, 0.1) is 24.0 Å². The number of fused-ring (bicyclic) bond motifs is 1. The van der Waals surface area contributed by atoms with Gasteiger partial charge in [-0.1, -0.05) is 18.7 Å². The summed E-state index contributed by atoms with van der Waals surface area (Å²) in [5.41, 5.74) is 6.77. The van der Waals surface area contributed by atoms with Crippen molar-refractivity contribution in [2.45, 2.75) is 13.1 Å². The van der Waals surface area contributed by atoms with E-state index in [1.54, 1.807) is 24.3 Å². The summed E-state index contributed by atoms with van der Waals surface area (Å²) in [7, 11) is 1.22. The van der Waals surface area contributed by atoms with E-state index in [9.17, 15) is 22.8 Å². The molecule has 0 radical (unpaired) electrons. The monoisotopic (exact) mass is 526 g/mol. The molecule has 0 unspecified atom stereocenters. The van der Waals surface area contributed by atoms with Crippen molar-refractivity contribution in [1.82, 2.24) is 14.6 Å². The lowest BCUT2D eigenvalue weighted by Crippen LogP contribution is -2.20. The van der Waals surface area contributed by atoms with Gasteiger partial charge in [0.1, 0.15) is 17.6 Å². The molecule has 0 bridgehead atoms. The van der Waals surface area contributed by atoms with Crippen LogP contribution in [0.1, 0.15) is 22.8 Å². The molecule has 2 aromatic carbocycles. The van der Waals surface area contributed by atoms with Gasteiger partial charge in [0.15, 0.2) is 5.82 Å². The minimum absolute atomic E-state index is 0.0662. The molecule has 2 aromatic heterocycles. The van der Waals surface area contributed by atoms with Crippen LogP contribution in [0.2, 0.25) is 0 Å². The second kappa shape index (κ2) is 10.1. The molecule has 4 aromatic rings. The quantitative estimate of drug-likeness (QED) is 0.228. The number of hydrogen-bond acceptors (Lipinski definition) is 7. The third kappa shape index (κ3) is 5.51. The first-order chi connectivity index (χ1) is 18.0. The van der Waals surface area contributed by atoms with Gasteiger partial charge in [-0.3, -0.25) is 0 Å². The molecule has 0 aliphatic rings. The molecule has 0 aliphatic heterocycles. The first kappa shape index (κ1) is 26.0. The van der Waals surface area contributed by atoms with Crippen LogP contribution in [0, 0.1) is 0 Å². The van der Waals surface area contributed by atoms with Crippen LogP contribution in [0.5, 0.6) is 5.75 Å². The fraction of sp³-hybridized carbons (Fsp3) is 0.120. The topological polar surface area (TPSA) is 133 Å². The van der Waals surface area contributed by atoms with Crippen molar-refractivity contribution in [3.05, 3.63) is 78.5 Å². The lowest BCUT2D eigenvalue weighted by atomic mass is 10.0. The van der Waals surface area contributed by atoms with Crippen molar-refractivity contribution in [2.24, 2.45) is 0 Å². The van der Waals surface area contributed by atoms with Gasteiger partial charge in [0.25, 0.3) is 0 Å². The summed E-state index contributed by atoms with van der Waals surface area (Å²) in [6.45, 7) is 5.11. The number of alkyl halides is 3. The van der Waals surface area contributed by atoms with Crippen LogP contribution in [0.4, 0.5) is 35.2 Å². The molecule has 0 fully saturated rings. The highest BCUT2D eigenvalue weighted by Crippen LogP contribution is 2.35. The molecule has 2 amide bonds. The smallest absolute Gasteiger partial charge is 0.416 e. The van der Waals surface area contributed by atoms with Crippen molar-refractivity contribution in [2.75, 3.05) is 23.5 Å². The number of nitrogens with one attached hydrogen (secondary N) is 2. The Labute approximate surface area is 213 Å². The summed E-state index contributed by atoms with van der Waals surface area (Å²) >= 11 is 0. The molecule has 2 heterocycles. The number of benzene rings is 2. The Morgan fingerprint density at radius 3 is 2.39 bits per heavy atom. The number of esters is 1. The second-order valence-corrected chi connectivity index (χ2v) is 8.05. The number of hydrogen-bond donors (Lipinski definition) is 3. The maximum atomic E-state index is 13.2. The van der Waals surface area contributed by atoms with Crippen LogP contribution in [0.3, 0.4) is 0 Å². The Balaban J connectivity index is 1.60. The fourth-order valence-corrected chi connectivity index (χ4v) is 3.66. The summed E-state index contributed by atoms with van der Waals surface area (Å²) in [5.74, 6) is -0.416. The number of amides is 2. The van der Waals surface area contributed by atoms with Gasteiger partial charge in [-0.25, -0.2) is 19.1 Å². The number of nitrogens with zero attached hydrogens (tertiary/aromatic N) is 3. The van der Waals surface area contributed by atoms with E-state index in [1.807, 2.05) is 0 Å². The maximum absolute atomic E-state index is 13.2. The number of ether oxygens (including phenoxy) is 2. The number of carbonyl (C=O) groups is 2. The van der Waals surface area contributed by atoms with E-state index in [4.69, 9.17) is 15.2 Å². The van der Waals surface area contributed by atoms with Gasteiger partial charge >= 0.3 is 18.2 Å². The zero-order valence-electron chi connectivity index (χ0n) is 20.1. The predicted octanol–water partition coefficient (Wildman–Crippen LogP) is 5.34. The van der Waals surface area contributed by atoms with Crippen LogP contribution >= 0.6 is 0 Å². The summed E-state index contributed by atoms with van der Waals surface area (Å²) in [5, 5.41) is 8.99. The van der Waals surface area contributed by atoms with Crippen LogP contribution in [0.25, 0.3) is 16.6 Å². The van der Waals surface area contributed by atoms with Crippen molar-refractivity contribution in [3.8, 4) is 16.9 Å². The molecular formula is C25H21F3N6O4. The third-order valence-electron chi connectivity index (χ3n) is 5.25. The Morgan fingerprint density at radius 2 is 1.76 bits per heavy atom. The fourth-order valence-electron chi connectivity index (χ4n) is 3.66. The molecule has 10 nitrogen and oxygen atoms in total. The zero-order chi connectivity index (χ0) is 27.6. The highest BCUT2D eigenvalue weighted by atomic mass is 19.4.